The molecule has 2 heteroatoms. The molecule has 0 fully saturated rings. The van der Waals surface area contributed by atoms with Crippen LogP contribution in [0.15, 0.2) is 0 Å². The summed E-state index contributed by atoms with van der Waals surface area (Å²) in [7, 11) is 0. The van der Waals surface area contributed by atoms with Crippen molar-refractivity contribution < 1.29 is 4.79 Å². The largest absolute Gasteiger partial charge is 0.348 e. The van der Waals surface area contributed by atoms with Crippen LogP contribution in [-0.2, 0) is 4.79 Å². The molecular weight excluding hydrogens is 198 g/mol. The molecule has 1 radical (unpaired) electrons. The van der Waals surface area contributed by atoms with Crippen LogP contribution in [0.4, 0.5) is 0 Å². The van der Waals surface area contributed by atoms with E-state index in [1.54, 1.807) is 6.41 Å². The lowest BCUT2D eigenvalue weighted by Crippen LogP contribution is -2.11. The number of hydrogen-bond acceptors (Lipinski definition) is 1. The highest BCUT2D eigenvalue weighted by atomic mass is 16.1. The van der Waals surface area contributed by atoms with E-state index in [4.69, 9.17) is 0 Å². The van der Waals surface area contributed by atoms with E-state index < -0.39 is 0 Å². The highest BCUT2D eigenvalue weighted by Gasteiger charge is 1.92. The average Bonchev–Trinajstić information content (AvgIpc) is 2.31. The van der Waals surface area contributed by atoms with Crippen molar-refractivity contribution in [2.45, 2.75) is 77.6 Å². The van der Waals surface area contributed by atoms with Crippen LogP contribution in [0.25, 0.3) is 0 Å². The summed E-state index contributed by atoms with van der Waals surface area (Å²) in [6, 6.07) is 0. The monoisotopic (exact) mass is 226 g/mol. The third-order valence-corrected chi connectivity index (χ3v) is 2.98. The van der Waals surface area contributed by atoms with Crippen LogP contribution < -0.4 is 5.32 Å². The van der Waals surface area contributed by atoms with Crippen LogP contribution in [0.3, 0.4) is 0 Å². The van der Waals surface area contributed by atoms with Crippen molar-refractivity contribution >= 4 is 6.41 Å². The molecule has 2 nitrogen and oxygen atoms in total. The van der Waals surface area contributed by atoms with Crippen LogP contribution in [0.1, 0.15) is 77.6 Å². The van der Waals surface area contributed by atoms with Crippen molar-refractivity contribution in [3.05, 3.63) is 0 Å². The lowest BCUT2D eigenvalue weighted by Gasteiger charge is -2.02. The molecule has 95 valence electrons. The standard InChI is InChI=1S/C14H28NO/c1-2-3-4-5-6-7-8-9-10-11-12-13-15-14-16/h2-13H2,1H3,(H,15,16). The Morgan fingerprint density at radius 3 is 1.62 bits per heavy atom. The molecule has 0 saturated carbocycles. The zero-order valence-electron chi connectivity index (χ0n) is 10.9. The molecule has 0 unspecified atom stereocenters. The lowest BCUT2D eigenvalue weighted by molar-refractivity contribution is 0.530. The van der Waals surface area contributed by atoms with E-state index in [2.05, 4.69) is 12.2 Å². The first kappa shape index (κ1) is 15.5. The molecule has 0 saturated heterocycles. The smallest absolute Gasteiger partial charge is 0.309 e. The van der Waals surface area contributed by atoms with Gasteiger partial charge in [-0.05, 0) is 6.42 Å². The van der Waals surface area contributed by atoms with Crippen molar-refractivity contribution in [1.29, 1.82) is 0 Å². The van der Waals surface area contributed by atoms with Gasteiger partial charge in [-0.2, -0.15) is 0 Å². The molecule has 0 spiro atoms. The fourth-order valence-corrected chi connectivity index (χ4v) is 1.93. The second-order valence-corrected chi connectivity index (χ2v) is 4.56. The molecule has 0 aromatic rings. The van der Waals surface area contributed by atoms with Gasteiger partial charge in [0.15, 0.2) is 0 Å². The third-order valence-electron chi connectivity index (χ3n) is 2.98. The quantitative estimate of drug-likeness (QED) is 0.374. The summed E-state index contributed by atoms with van der Waals surface area (Å²) < 4.78 is 0. The maximum atomic E-state index is 9.85. The van der Waals surface area contributed by atoms with Gasteiger partial charge in [0, 0.05) is 6.54 Å². The summed E-state index contributed by atoms with van der Waals surface area (Å²) in [4.78, 5) is 9.85. The van der Waals surface area contributed by atoms with E-state index in [9.17, 15) is 4.79 Å². The van der Waals surface area contributed by atoms with Gasteiger partial charge in [-0.3, -0.25) is 4.79 Å². The van der Waals surface area contributed by atoms with Gasteiger partial charge in [0.1, 0.15) is 0 Å². The van der Waals surface area contributed by atoms with Crippen LogP contribution in [0.2, 0.25) is 0 Å². The first-order valence-electron chi connectivity index (χ1n) is 7.01. The predicted octanol–water partition coefficient (Wildman–Crippen LogP) is 3.95. The average molecular weight is 226 g/mol. The highest BCUT2D eigenvalue weighted by Crippen LogP contribution is 2.10. The predicted molar refractivity (Wildman–Crippen MR) is 70.2 cm³/mol. The Bertz CT molecular complexity index is 137. The molecule has 0 aromatic heterocycles. The van der Waals surface area contributed by atoms with Crippen molar-refractivity contribution in [3.8, 4) is 0 Å². The molecule has 16 heavy (non-hydrogen) atoms. The Morgan fingerprint density at radius 1 is 0.750 bits per heavy atom. The van der Waals surface area contributed by atoms with Crippen LogP contribution in [0.5, 0.6) is 0 Å². The maximum Gasteiger partial charge on any atom is 0.309 e. The highest BCUT2D eigenvalue weighted by molar-refractivity contribution is 5.46. The van der Waals surface area contributed by atoms with E-state index in [1.165, 1.54) is 64.2 Å². The summed E-state index contributed by atoms with van der Waals surface area (Å²) in [6.45, 7) is 3.05. The fraction of sp³-hybridized carbons (Fsp3) is 0.929. The normalized spacial score (nSPS) is 10.3. The number of nitrogens with one attached hydrogen (secondary N) is 1. The minimum Gasteiger partial charge on any atom is -0.348 e. The number of amides is 1. The number of carbonyl (C=O) groups excluding carboxylic acids is 1. The summed E-state index contributed by atoms with van der Waals surface area (Å²) in [6.07, 6.45) is 16.5. The fourth-order valence-electron chi connectivity index (χ4n) is 1.93. The third kappa shape index (κ3) is 13.5. The molecule has 1 N–H and O–H groups in total. The Morgan fingerprint density at radius 2 is 1.19 bits per heavy atom. The van der Waals surface area contributed by atoms with E-state index in [-0.39, 0.29) is 0 Å². The van der Waals surface area contributed by atoms with Crippen LogP contribution in [0, 0.1) is 0 Å². The minimum absolute atomic E-state index is 0.792. The second-order valence-electron chi connectivity index (χ2n) is 4.56. The summed E-state index contributed by atoms with van der Waals surface area (Å²) in [5.41, 5.74) is 0. The Labute approximate surface area is 101 Å². The molecular formula is C14H28NO. The molecule has 0 aliphatic heterocycles. The van der Waals surface area contributed by atoms with E-state index in [0.29, 0.717) is 0 Å². The first-order chi connectivity index (χ1) is 7.91. The van der Waals surface area contributed by atoms with E-state index in [0.717, 1.165) is 13.0 Å². The van der Waals surface area contributed by atoms with Gasteiger partial charge >= 0.3 is 6.41 Å². The van der Waals surface area contributed by atoms with Crippen LogP contribution >= 0.6 is 0 Å². The summed E-state index contributed by atoms with van der Waals surface area (Å²) >= 11 is 0. The SMILES string of the molecule is CCCCCCCCCCCCCN[C]=O. The Balaban J connectivity index is 2.85. The minimum atomic E-state index is 0.792. The molecule has 1 amide bonds. The van der Waals surface area contributed by atoms with Gasteiger partial charge in [-0.15, -0.1) is 0 Å². The lowest BCUT2D eigenvalue weighted by atomic mass is 10.1. The van der Waals surface area contributed by atoms with Gasteiger partial charge in [0.25, 0.3) is 0 Å². The first-order valence-corrected chi connectivity index (χ1v) is 7.01. The van der Waals surface area contributed by atoms with Crippen LogP contribution in [-0.4, -0.2) is 13.0 Å². The number of hydrogen-bond donors (Lipinski definition) is 1. The van der Waals surface area contributed by atoms with Gasteiger partial charge in [-0.25, -0.2) is 0 Å². The Kier molecular flexibility index (Phi) is 14.0. The topological polar surface area (TPSA) is 29.1 Å². The molecule has 0 bridgehead atoms. The molecule has 0 heterocycles. The maximum absolute atomic E-state index is 9.85. The van der Waals surface area contributed by atoms with Gasteiger partial charge in [0.05, 0.1) is 0 Å². The van der Waals surface area contributed by atoms with E-state index in [1.807, 2.05) is 0 Å². The number of rotatable bonds is 13. The van der Waals surface area contributed by atoms with Crippen molar-refractivity contribution in [3.63, 3.8) is 0 Å². The van der Waals surface area contributed by atoms with Crippen molar-refractivity contribution in [1.82, 2.24) is 5.32 Å². The number of unbranched alkanes of at least 4 members (excludes halogenated alkanes) is 10. The molecule has 0 aromatic carbocycles. The molecule has 0 atom stereocenters. The zero-order valence-corrected chi connectivity index (χ0v) is 10.9. The molecule has 0 rings (SSSR count). The van der Waals surface area contributed by atoms with Crippen molar-refractivity contribution in [2.24, 2.45) is 0 Å². The second kappa shape index (κ2) is 14.5. The van der Waals surface area contributed by atoms with Gasteiger partial charge in [0.2, 0.25) is 0 Å². The summed E-state index contributed by atoms with van der Waals surface area (Å²) in [5.74, 6) is 0. The van der Waals surface area contributed by atoms with Crippen molar-refractivity contribution in [2.75, 3.05) is 6.54 Å². The molecule has 0 aliphatic carbocycles. The zero-order chi connectivity index (χ0) is 11.9. The van der Waals surface area contributed by atoms with Gasteiger partial charge < -0.3 is 5.32 Å². The van der Waals surface area contributed by atoms with Gasteiger partial charge in [-0.1, -0.05) is 71.1 Å². The van der Waals surface area contributed by atoms with E-state index >= 15 is 0 Å². The Hall–Kier alpha value is -0.530. The molecule has 0 aliphatic rings. The summed E-state index contributed by atoms with van der Waals surface area (Å²) in [5, 5.41) is 2.57.